The molecule has 5 rings (SSSR count). The van der Waals surface area contributed by atoms with Crippen LogP contribution in [-0.2, 0) is 33.3 Å². The van der Waals surface area contributed by atoms with Crippen molar-refractivity contribution < 1.29 is 52.1 Å². The number of alkyl halides is 1. The lowest BCUT2D eigenvalue weighted by molar-refractivity contribution is -0.296. The van der Waals surface area contributed by atoms with Gasteiger partial charge in [0.2, 0.25) is 5.76 Å². The average molecular weight is 866 g/mol. The first kappa shape index (κ1) is 46.4. The zero-order chi connectivity index (χ0) is 43.8. The molecule has 3 saturated heterocycles. The highest BCUT2D eigenvalue weighted by atomic mass is 35.5. The first-order valence-electron chi connectivity index (χ1n) is 19.8. The number of esters is 1. The molecular formula is C42H55Cl2FN4O10. The lowest BCUT2D eigenvalue weighted by Gasteiger charge is -2.47. The number of aliphatic hydroxyl groups excluding tert-OH is 1. The number of nitrogens with one attached hydrogen (secondary N) is 2. The van der Waals surface area contributed by atoms with Crippen molar-refractivity contribution in [2.24, 2.45) is 17.8 Å². The molecule has 2 aromatic rings. The van der Waals surface area contributed by atoms with Crippen LogP contribution in [-0.4, -0.2) is 119 Å². The Balaban J connectivity index is 1.57. The van der Waals surface area contributed by atoms with Gasteiger partial charge in [-0.05, 0) is 79.1 Å². The zero-order valence-electron chi connectivity index (χ0n) is 35.1. The number of amides is 2. The van der Waals surface area contributed by atoms with Gasteiger partial charge in [-0.15, -0.1) is 0 Å². The molecule has 0 spiro atoms. The molecule has 3 fully saturated rings. The summed E-state index contributed by atoms with van der Waals surface area (Å²) >= 11 is 12.2. The molecule has 1 aromatic heterocycles. The van der Waals surface area contributed by atoms with Gasteiger partial charge in [-0.2, -0.15) is 0 Å². The monoisotopic (exact) mass is 864 g/mol. The summed E-state index contributed by atoms with van der Waals surface area (Å²) in [7, 11) is 3.60. The fourth-order valence-electron chi connectivity index (χ4n) is 8.73. The maximum atomic E-state index is 16.9. The van der Waals surface area contributed by atoms with Gasteiger partial charge in [-0.3, -0.25) is 9.59 Å². The number of urea groups is 1. The number of nitrogens with zero attached hydrogens (tertiary/aromatic N) is 2. The molecule has 59 heavy (non-hydrogen) atoms. The number of aliphatic hydroxyl groups is 1. The highest BCUT2D eigenvalue weighted by Gasteiger charge is 2.58. The molecule has 0 bridgehead atoms. The summed E-state index contributed by atoms with van der Waals surface area (Å²) in [5.41, 5.74) is -5.10. The van der Waals surface area contributed by atoms with Gasteiger partial charge in [0.05, 0.1) is 39.4 Å². The highest BCUT2D eigenvalue weighted by Crippen LogP contribution is 2.40. The Labute approximate surface area is 354 Å². The highest BCUT2D eigenvalue weighted by molar-refractivity contribution is 6.42. The Kier molecular flexibility index (Phi) is 14.3. The van der Waals surface area contributed by atoms with E-state index < -0.39 is 95.1 Å². The molecule has 3 aliphatic rings. The molecule has 2 amide bonds. The van der Waals surface area contributed by atoms with Crippen LogP contribution in [0.3, 0.4) is 0 Å². The lowest BCUT2D eigenvalue weighted by atomic mass is 9.72. The van der Waals surface area contributed by atoms with Gasteiger partial charge in [0, 0.05) is 35.4 Å². The van der Waals surface area contributed by atoms with Crippen LogP contribution < -0.4 is 10.6 Å². The van der Waals surface area contributed by atoms with Crippen molar-refractivity contribution in [3.05, 3.63) is 40.1 Å². The van der Waals surface area contributed by atoms with E-state index in [0.717, 1.165) is 6.92 Å². The third kappa shape index (κ3) is 9.64. The molecule has 0 aliphatic carbocycles. The molecule has 324 valence electrons. The molecule has 13 atom stereocenters. The minimum absolute atomic E-state index is 0.102. The number of benzene rings is 1. The van der Waals surface area contributed by atoms with E-state index in [-0.39, 0.29) is 31.0 Å². The number of hydrogen-bond donors (Lipinski definition) is 3. The summed E-state index contributed by atoms with van der Waals surface area (Å²) in [6.07, 6.45) is -5.02. The number of aromatic nitrogens is 1. The molecule has 1 aromatic carbocycles. The second-order valence-electron chi connectivity index (χ2n) is 16.9. The zero-order valence-corrected chi connectivity index (χ0v) is 36.6. The summed E-state index contributed by atoms with van der Waals surface area (Å²) in [5, 5.41) is 21.9. The van der Waals surface area contributed by atoms with E-state index >= 15 is 4.39 Å². The van der Waals surface area contributed by atoms with Crippen molar-refractivity contribution in [1.29, 1.82) is 0 Å². The van der Waals surface area contributed by atoms with Crippen LogP contribution in [0.25, 0.3) is 11.3 Å². The number of Topliss-reactive ketones (excluding diaryl/α,β-unsaturated/α-hetero) is 2. The van der Waals surface area contributed by atoms with E-state index in [2.05, 4.69) is 27.6 Å². The first-order valence-corrected chi connectivity index (χ1v) is 20.6. The average Bonchev–Trinajstić information content (AvgIpc) is 3.78. The molecule has 4 heterocycles. The number of fused-ring (bicyclic) bond motifs is 1. The molecule has 0 saturated carbocycles. The van der Waals surface area contributed by atoms with Gasteiger partial charge in [-0.25, -0.2) is 14.0 Å². The lowest BCUT2D eigenvalue weighted by Crippen LogP contribution is -2.63. The summed E-state index contributed by atoms with van der Waals surface area (Å²) in [6.45, 7) is 12.0. The number of hydrogen-bond acceptors (Lipinski definition) is 12. The van der Waals surface area contributed by atoms with Crippen LogP contribution in [0, 0.1) is 29.6 Å². The molecule has 3 N–H and O–H groups in total. The minimum Gasteiger partial charge on any atom is -0.457 e. The fraction of sp³-hybridized carbons (Fsp3) is 0.643. The van der Waals surface area contributed by atoms with E-state index in [1.54, 1.807) is 73.0 Å². The Morgan fingerprint density at radius 2 is 1.75 bits per heavy atom. The molecule has 17 heteroatoms. The van der Waals surface area contributed by atoms with Crippen LogP contribution >= 0.6 is 23.2 Å². The van der Waals surface area contributed by atoms with Gasteiger partial charge < -0.3 is 44.1 Å². The van der Waals surface area contributed by atoms with Crippen LogP contribution in [0.15, 0.2) is 28.8 Å². The quantitative estimate of drug-likeness (QED) is 0.181. The number of ketones is 2. The summed E-state index contributed by atoms with van der Waals surface area (Å²) in [4.78, 5) is 57.3. The molecule has 14 nitrogen and oxygen atoms in total. The first-order chi connectivity index (χ1) is 27.5. The largest absolute Gasteiger partial charge is 0.457 e. The van der Waals surface area contributed by atoms with Crippen LogP contribution in [0.5, 0.6) is 0 Å². The van der Waals surface area contributed by atoms with E-state index in [0.29, 0.717) is 27.7 Å². The number of likely N-dealkylation sites (N-methyl/N-ethyl adjacent to an activating group) is 1. The predicted molar refractivity (Wildman–Crippen MR) is 216 cm³/mol. The molecule has 0 radical (unpaired) electrons. The molecular weight excluding hydrogens is 810 g/mol. The van der Waals surface area contributed by atoms with Crippen LogP contribution in [0.4, 0.5) is 9.18 Å². The van der Waals surface area contributed by atoms with Gasteiger partial charge >= 0.3 is 12.0 Å². The maximum Gasteiger partial charge on any atom is 0.351 e. The molecule has 0 unspecified atom stereocenters. The van der Waals surface area contributed by atoms with Crippen molar-refractivity contribution in [3.8, 4) is 23.1 Å². The smallest absolute Gasteiger partial charge is 0.351 e. The van der Waals surface area contributed by atoms with Crippen molar-refractivity contribution in [2.75, 3.05) is 20.7 Å². The minimum atomic E-state index is -3.21. The second-order valence-corrected chi connectivity index (χ2v) is 17.7. The standard InChI is InChI=1S/C42H55Cl2FN4O10/c1-11-31-42(8)34(46-39(54)47-42)23(4)32(50)21(2)20-40(6,55-16-12-13-26-19-29(48-59-26)25-14-15-27(43)28(44)18-25)36(24(5)35(52)41(7,45)38(53)57-31)58-37-33(51)30(49(9)10)17-22(3)56-37/h14-15,18-19,21-24,30-31,33-34,36-37,51H,11,16-17,20H2,1-10H3,(H2,46,47,54)/t21-,22-,23+,24+,30+,31-,33-,34-,36-,37+,40-,41-,42-/m1/s1. The number of ether oxygens (including phenoxy) is 4. The number of carbonyl (C=O) groups excluding carboxylic acids is 4. The Bertz CT molecular complexity index is 1970. The molecule has 3 aliphatic heterocycles. The maximum absolute atomic E-state index is 16.9. The third-order valence-electron chi connectivity index (χ3n) is 12.0. The summed E-state index contributed by atoms with van der Waals surface area (Å²) < 4.78 is 47.3. The van der Waals surface area contributed by atoms with Crippen molar-refractivity contribution >= 4 is 46.8 Å². The van der Waals surface area contributed by atoms with E-state index in [1.165, 1.54) is 6.92 Å². The SMILES string of the molecule is CC[C@H]1OC(=O)[C@](C)(F)C(=O)[C@H](C)[C@@H](O[C@@H]2O[C@H](C)C[C@H](N(C)C)[C@H]2O)[C@](C)(OCC#Cc2cc(-c3ccc(Cl)c(Cl)c3)no2)C[C@@H](C)C(=O)[C@H](C)[C@H]2NC(=O)N[C@@]21C. The normalized spacial score (nSPS) is 37.1. The Morgan fingerprint density at radius 3 is 2.39 bits per heavy atom. The van der Waals surface area contributed by atoms with Crippen LogP contribution in [0.1, 0.15) is 80.4 Å². The summed E-state index contributed by atoms with van der Waals surface area (Å²) in [6, 6.07) is 4.70. The van der Waals surface area contributed by atoms with Crippen LogP contribution in [0.2, 0.25) is 10.0 Å². The van der Waals surface area contributed by atoms with Gasteiger partial charge in [-0.1, -0.05) is 68.0 Å². The van der Waals surface area contributed by atoms with Crippen molar-refractivity contribution in [2.45, 2.75) is 134 Å². The van der Waals surface area contributed by atoms with E-state index in [1.807, 2.05) is 11.8 Å². The van der Waals surface area contributed by atoms with Gasteiger partial charge in [0.1, 0.15) is 30.3 Å². The number of rotatable bonds is 7. The summed E-state index contributed by atoms with van der Waals surface area (Å²) in [5.74, 6) is -0.104. The predicted octanol–water partition coefficient (Wildman–Crippen LogP) is 5.53. The van der Waals surface area contributed by atoms with Gasteiger partial charge in [0.25, 0.3) is 5.67 Å². The van der Waals surface area contributed by atoms with E-state index in [4.69, 9.17) is 46.7 Å². The number of carbonyl (C=O) groups is 4. The van der Waals surface area contributed by atoms with Gasteiger partial charge in [0.15, 0.2) is 12.1 Å². The fourth-order valence-corrected chi connectivity index (χ4v) is 9.03. The second kappa shape index (κ2) is 18.2. The Hall–Kier alpha value is -3.62. The van der Waals surface area contributed by atoms with E-state index in [9.17, 15) is 24.3 Å². The number of cyclic esters (lactones) is 1. The Morgan fingerprint density at radius 1 is 1.05 bits per heavy atom. The third-order valence-corrected chi connectivity index (χ3v) is 12.8. The topological polar surface area (TPSA) is 179 Å². The number of halogens is 3. The van der Waals surface area contributed by atoms with Crippen molar-refractivity contribution in [3.63, 3.8) is 0 Å². The van der Waals surface area contributed by atoms with Crippen molar-refractivity contribution in [1.82, 2.24) is 20.7 Å².